The lowest BCUT2D eigenvalue weighted by atomic mass is 10.1. The summed E-state index contributed by atoms with van der Waals surface area (Å²) < 4.78 is 1.66. The normalized spacial score (nSPS) is 18.3. The zero-order chi connectivity index (χ0) is 17.9. The molecular weight excluding hydrogens is 330 g/mol. The van der Waals surface area contributed by atoms with Crippen LogP contribution in [0.3, 0.4) is 0 Å². The molecule has 1 unspecified atom stereocenters. The van der Waals surface area contributed by atoms with Crippen molar-refractivity contribution in [2.45, 2.75) is 25.7 Å². The number of aromatic nitrogens is 5. The molecule has 8 nitrogen and oxygen atoms in total. The molecule has 3 aromatic heterocycles. The molecule has 2 aliphatic rings. The van der Waals surface area contributed by atoms with Crippen LogP contribution in [0.5, 0.6) is 0 Å². The van der Waals surface area contributed by atoms with Crippen molar-refractivity contribution in [2.24, 2.45) is 5.92 Å². The Morgan fingerprint density at radius 3 is 2.62 bits per heavy atom. The van der Waals surface area contributed by atoms with Crippen LogP contribution in [0.4, 0.5) is 5.82 Å². The zero-order valence-electron chi connectivity index (χ0n) is 14.1. The van der Waals surface area contributed by atoms with Gasteiger partial charge in [-0.05, 0) is 12.5 Å². The Hall–Kier alpha value is -3.34. The van der Waals surface area contributed by atoms with Crippen LogP contribution >= 0.6 is 0 Å². The fraction of sp³-hybridized carbons (Fsp3) is 0.333. The molecule has 0 bridgehead atoms. The maximum absolute atomic E-state index is 12.4. The molecule has 8 heteroatoms. The first-order chi connectivity index (χ1) is 12.8. The Labute approximate surface area is 150 Å². The highest BCUT2D eigenvalue weighted by atomic mass is 16.2. The Kier molecular flexibility index (Phi) is 4.27. The number of hydrogen-bond donors (Lipinski definition) is 0. The number of nitriles is 1. The molecule has 26 heavy (non-hydrogen) atoms. The maximum atomic E-state index is 12.4. The summed E-state index contributed by atoms with van der Waals surface area (Å²) in [6.07, 6.45) is 13.2. The van der Waals surface area contributed by atoms with Crippen molar-refractivity contribution < 1.29 is 4.79 Å². The molecule has 2 fully saturated rings. The molecule has 4 heterocycles. The van der Waals surface area contributed by atoms with Crippen LogP contribution in [0.1, 0.15) is 25.7 Å². The third-order valence-corrected chi connectivity index (χ3v) is 4.20. The number of anilines is 1. The van der Waals surface area contributed by atoms with Crippen LogP contribution < -0.4 is 4.90 Å². The first-order valence-electron chi connectivity index (χ1n) is 8.58. The van der Waals surface area contributed by atoms with Crippen molar-refractivity contribution in [2.75, 3.05) is 11.4 Å². The SMILES string of the molecule is C1CC1.N#CC1CCN(c2nc(-c3cncnc3)cn3nccc23)C1=O. The fourth-order valence-electron chi connectivity index (χ4n) is 2.69. The van der Waals surface area contributed by atoms with Crippen molar-refractivity contribution >= 4 is 17.2 Å². The van der Waals surface area contributed by atoms with Gasteiger partial charge in [0.15, 0.2) is 5.82 Å². The molecule has 0 radical (unpaired) electrons. The van der Waals surface area contributed by atoms with Crippen molar-refractivity contribution in [3.63, 3.8) is 0 Å². The van der Waals surface area contributed by atoms with Crippen LogP contribution in [0.15, 0.2) is 37.2 Å². The van der Waals surface area contributed by atoms with Crippen LogP contribution in [0.2, 0.25) is 0 Å². The number of rotatable bonds is 2. The molecule has 0 spiro atoms. The van der Waals surface area contributed by atoms with Crippen molar-refractivity contribution in [3.05, 3.63) is 37.2 Å². The van der Waals surface area contributed by atoms with Gasteiger partial charge in [-0.3, -0.25) is 9.69 Å². The second kappa shape index (κ2) is 6.88. The lowest BCUT2D eigenvalue weighted by Crippen LogP contribution is -2.28. The molecule has 1 aliphatic carbocycles. The van der Waals surface area contributed by atoms with E-state index in [2.05, 4.69) is 20.1 Å². The van der Waals surface area contributed by atoms with Gasteiger partial charge in [0.1, 0.15) is 17.8 Å². The largest absolute Gasteiger partial charge is 0.294 e. The molecule has 130 valence electrons. The molecule has 1 aliphatic heterocycles. The van der Waals surface area contributed by atoms with Crippen molar-refractivity contribution in [1.82, 2.24) is 24.6 Å². The maximum Gasteiger partial charge on any atom is 0.245 e. The number of fused-ring (bicyclic) bond motifs is 1. The summed E-state index contributed by atoms with van der Waals surface area (Å²) in [5, 5.41) is 13.3. The van der Waals surface area contributed by atoms with Crippen LogP contribution in [0, 0.1) is 17.2 Å². The minimum absolute atomic E-state index is 0.218. The number of hydrogen-bond acceptors (Lipinski definition) is 6. The summed E-state index contributed by atoms with van der Waals surface area (Å²) in [5.74, 6) is -0.320. The quantitative estimate of drug-likeness (QED) is 0.705. The molecule has 5 rings (SSSR count). The van der Waals surface area contributed by atoms with Gasteiger partial charge in [0, 0.05) is 24.5 Å². The summed E-state index contributed by atoms with van der Waals surface area (Å²) in [6.45, 7) is 0.472. The molecule has 1 amide bonds. The van der Waals surface area contributed by atoms with E-state index in [1.807, 2.05) is 6.07 Å². The molecule has 1 atom stereocenters. The van der Waals surface area contributed by atoms with Gasteiger partial charge in [-0.15, -0.1) is 0 Å². The summed E-state index contributed by atoms with van der Waals surface area (Å²) >= 11 is 0. The van der Waals surface area contributed by atoms with Crippen molar-refractivity contribution in [3.8, 4) is 17.3 Å². The average molecular weight is 347 g/mol. The standard InChI is InChI=1S/C15H11N7O.C3H6/c16-5-10-2-4-21(15(10)23)14-13-1-3-19-22(13)8-12(20-14)11-6-17-9-18-7-11;1-2-3-1/h1,3,6-10H,2,4H2;1-3H2. The Morgan fingerprint density at radius 2 is 1.96 bits per heavy atom. The summed E-state index contributed by atoms with van der Waals surface area (Å²) in [4.78, 5) is 26.5. The fourth-order valence-corrected chi connectivity index (χ4v) is 2.69. The summed E-state index contributed by atoms with van der Waals surface area (Å²) in [6, 6.07) is 3.83. The lowest BCUT2D eigenvalue weighted by Gasteiger charge is -2.17. The minimum atomic E-state index is -0.608. The molecule has 0 aromatic carbocycles. The van der Waals surface area contributed by atoms with E-state index in [-0.39, 0.29) is 5.91 Å². The van der Waals surface area contributed by atoms with E-state index in [1.54, 1.807) is 40.3 Å². The molecule has 3 aromatic rings. The first kappa shape index (κ1) is 16.1. The van der Waals surface area contributed by atoms with Gasteiger partial charge in [0.2, 0.25) is 5.91 Å². The second-order valence-corrected chi connectivity index (χ2v) is 6.26. The number of amides is 1. The number of nitrogens with zero attached hydrogens (tertiary/aromatic N) is 7. The highest BCUT2D eigenvalue weighted by Gasteiger charge is 2.34. The van der Waals surface area contributed by atoms with Gasteiger partial charge < -0.3 is 0 Å². The predicted molar refractivity (Wildman–Crippen MR) is 93.9 cm³/mol. The summed E-state index contributed by atoms with van der Waals surface area (Å²) in [7, 11) is 0. The van der Waals surface area contributed by atoms with Gasteiger partial charge >= 0.3 is 0 Å². The van der Waals surface area contributed by atoms with Gasteiger partial charge in [0.05, 0.1) is 24.2 Å². The van der Waals surface area contributed by atoms with E-state index in [0.29, 0.717) is 24.5 Å². The van der Waals surface area contributed by atoms with Gasteiger partial charge in [-0.2, -0.15) is 10.4 Å². The summed E-state index contributed by atoms with van der Waals surface area (Å²) in [5.41, 5.74) is 2.07. The molecule has 0 N–H and O–H groups in total. The van der Waals surface area contributed by atoms with Crippen LogP contribution in [-0.4, -0.2) is 37.0 Å². The topological polar surface area (TPSA) is 100 Å². The second-order valence-electron chi connectivity index (χ2n) is 6.26. The van der Waals surface area contributed by atoms with Crippen LogP contribution in [0.25, 0.3) is 16.8 Å². The predicted octanol–water partition coefficient (Wildman–Crippen LogP) is 2.23. The minimum Gasteiger partial charge on any atom is -0.294 e. The third-order valence-electron chi connectivity index (χ3n) is 4.20. The molecular formula is C18H17N7O. The Morgan fingerprint density at radius 1 is 1.19 bits per heavy atom. The smallest absolute Gasteiger partial charge is 0.245 e. The van der Waals surface area contributed by atoms with E-state index < -0.39 is 5.92 Å². The van der Waals surface area contributed by atoms with Gasteiger partial charge in [-0.25, -0.2) is 19.5 Å². The van der Waals surface area contributed by atoms with E-state index in [1.165, 1.54) is 25.6 Å². The lowest BCUT2D eigenvalue weighted by molar-refractivity contribution is -0.119. The highest BCUT2D eigenvalue weighted by molar-refractivity contribution is 6.01. The zero-order valence-corrected chi connectivity index (χ0v) is 14.1. The average Bonchev–Trinajstić information content (AvgIpc) is 3.41. The first-order valence-corrected chi connectivity index (χ1v) is 8.58. The van der Waals surface area contributed by atoms with E-state index >= 15 is 0 Å². The van der Waals surface area contributed by atoms with E-state index in [9.17, 15) is 4.79 Å². The number of carbonyl (C=O) groups excluding carboxylic acids is 1. The van der Waals surface area contributed by atoms with E-state index in [4.69, 9.17) is 5.26 Å². The van der Waals surface area contributed by atoms with Crippen molar-refractivity contribution in [1.29, 1.82) is 5.26 Å². The highest BCUT2D eigenvalue weighted by Crippen LogP contribution is 2.29. The Balaban J connectivity index is 0.000000510. The molecule has 1 saturated heterocycles. The van der Waals surface area contributed by atoms with E-state index in [0.717, 1.165) is 11.1 Å². The Bertz CT molecular complexity index is 971. The van der Waals surface area contributed by atoms with Gasteiger partial charge in [-0.1, -0.05) is 19.3 Å². The third kappa shape index (κ3) is 3.11. The monoisotopic (exact) mass is 347 g/mol. The number of carbonyl (C=O) groups is 1. The molecule has 1 saturated carbocycles. The van der Waals surface area contributed by atoms with Gasteiger partial charge in [0.25, 0.3) is 0 Å². The van der Waals surface area contributed by atoms with Crippen LogP contribution in [-0.2, 0) is 4.79 Å².